The fraction of sp³-hybridized carbons (Fsp3) is 0.167. The van der Waals surface area contributed by atoms with Gasteiger partial charge in [0, 0.05) is 57.6 Å². The highest BCUT2D eigenvalue weighted by Crippen LogP contribution is 2.38. The molecule has 0 spiro atoms. The molecule has 0 atom stereocenters. The van der Waals surface area contributed by atoms with Crippen LogP contribution in [0.4, 0.5) is 5.69 Å². The van der Waals surface area contributed by atoms with Crippen molar-refractivity contribution in [2.45, 2.75) is 13.0 Å². The van der Waals surface area contributed by atoms with Gasteiger partial charge in [-0.15, -0.1) is 0 Å². The summed E-state index contributed by atoms with van der Waals surface area (Å²) in [6.45, 7) is 1.67. The number of amides is 2. The van der Waals surface area contributed by atoms with Gasteiger partial charge in [0.2, 0.25) is 0 Å². The minimum atomic E-state index is -0.387. The van der Waals surface area contributed by atoms with Gasteiger partial charge < -0.3 is 20.6 Å². The topological polar surface area (TPSA) is 105 Å². The largest absolute Gasteiger partial charge is 0.399 e. The second kappa shape index (κ2) is 7.45. The molecule has 2 amide bonds. The third-order valence-corrected chi connectivity index (χ3v) is 5.79. The molecule has 2 aromatic heterocycles. The van der Waals surface area contributed by atoms with E-state index in [9.17, 15) is 9.59 Å². The van der Waals surface area contributed by atoms with E-state index in [4.69, 9.17) is 5.73 Å². The van der Waals surface area contributed by atoms with Gasteiger partial charge in [0.15, 0.2) is 0 Å². The van der Waals surface area contributed by atoms with E-state index in [1.165, 1.54) is 0 Å². The number of hydrogen-bond acceptors (Lipinski definition) is 4. The van der Waals surface area contributed by atoms with Crippen molar-refractivity contribution in [3.63, 3.8) is 0 Å². The average molecular weight is 413 g/mol. The van der Waals surface area contributed by atoms with Gasteiger partial charge >= 0.3 is 0 Å². The zero-order valence-corrected chi connectivity index (χ0v) is 17.2. The summed E-state index contributed by atoms with van der Waals surface area (Å²) < 4.78 is 2.12. The number of imide groups is 1. The monoisotopic (exact) mass is 413 g/mol. The smallest absolute Gasteiger partial charge is 0.259 e. The first-order chi connectivity index (χ1) is 15.1. The summed E-state index contributed by atoms with van der Waals surface area (Å²) in [4.78, 5) is 29.1. The maximum Gasteiger partial charge on any atom is 0.259 e. The molecule has 7 nitrogen and oxygen atoms in total. The lowest BCUT2D eigenvalue weighted by Crippen LogP contribution is -2.22. The van der Waals surface area contributed by atoms with E-state index in [2.05, 4.69) is 20.2 Å². The molecule has 7 heteroatoms. The molecule has 0 fully saturated rings. The molecule has 5 N–H and O–H groups in total. The van der Waals surface area contributed by atoms with Crippen molar-refractivity contribution in [1.82, 2.24) is 20.2 Å². The lowest BCUT2D eigenvalue weighted by Gasteiger charge is -2.05. The van der Waals surface area contributed by atoms with E-state index in [1.54, 1.807) is 6.20 Å². The van der Waals surface area contributed by atoms with E-state index in [1.807, 2.05) is 55.7 Å². The SMILES string of the molecule is CNCCCn1cc(C2=C(c3c[nH]c4ccccc34)C(=O)NC2=O)c2cc(N)ccc21. The summed E-state index contributed by atoms with van der Waals surface area (Å²) in [5.41, 5.74) is 10.8. The van der Waals surface area contributed by atoms with E-state index in [0.717, 1.165) is 46.9 Å². The van der Waals surface area contributed by atoms with Crippen LogP contribution in [0.2, 0.25) is 0 Å². The molecule has 2 aromatic carbocycles. The summed E-state index contributed by atoms with van der Waals surface area (Å²) in [7, 11) is 1.92. The van der Waals surface area contributed by atoms with E-state index >= 15 is 0 Å². The van der Waals surface area contributed by atoms with Crippen molar-refractivity contribution in [2.24, 2.45) is 0 Å². The molecule has 156 valence electrons. The van der Waals surface area contributed by atoms with Gasteiger partial charge in [0.25, 0.3) is 11.8 Å². The maximum absolute atomic E-state index is 13.0. The van der Waals surface area contributed by atoms with E-state index in [-0.39, 0.29) is 11.8 Å². The van der Waals surface area contributed by atoms with E-state index in [0.29, 0.717) is 22.4 Å². The number of H-pyrrole nitrogens is 1. The summed E-state index contributed by atoms with van der Waals surface area (Å²) >= 11 is 0. The second-order valence-corrected chi connectivity index (χ2v) is 7.75. The van der Waals surface area contributed by atoms with Crippen LogP contribution in [0.25, 0.3) is 33.0 Å². The molecule has 0 saturated heterocycles. The van der Waals surface area contributed by atoms with Crippen molar-refractivity contribution in [3.05, 3.63) is 66.0 Å². The first kappa shape index (κ1) is 19.1. The number of aromatic amines is 1. The first-order valence-corrected chi connectivity index (χ1v) is 10.3. The van der Waals surface area contributed by atoms with Crippen LogP contribution < -0.4 is 16.4 Å². The Balaban J connectivity index is 1.76. The van der Waals surface area contributed by atoms with Crippen molar-refractivity contribution < 1.29 is 9.59 Å². The summed E-state index contributed by atoms with van der Waals surface area (Å²) in [5, 5.41) is 7.41. The van der Waals surface area contributed by atoms with Crippen molar-refractivity contribution in [2.75, 3.05) is 19.3 Å². The van der Waals surface area contributed by atoms with Crippen LogP contribution in [0.3, 0.4) is 0 Å². The number of anilines is 1. The molecular weight excluding hydrogens is 390 g/mol. The zero-order valence-electron chi connectivity index (χ0n) is 17.2. The minimum absolute atomic E-state index is 0.385. The molecule has 3 heterocycles. The Morgan fingerprint density at radius 2 is 1.77 bits per heavy atom. The van der Waals surface area contributed by atoms with Gasteiger partial charge in [-0.2, -0.15) is 0 Å². The van der Waals surface area contributed by atoms with E-state index < -0.39 is 0 Å². The summed E-state index contributed by atoms with van der Waals surface area (Å²) in [6.07, 6.45) is 4.68. The molecule has 5 rings (SSSR count). The van der Waals surface area contributed by atoms with Crippen LogP contribution in [0.1, 0.15) is 17.5 Å². The number of fused-ring (bicyclic) bond motifs is 2. The van der Waals surface area contributed by atoms with Crippen molar-refractivity contribution in [1.29, 1.82) is 0 Å². The number of hydrogen-bond donors (Lipinski definition) is 4. The second-order valence-electron chi connectivity index (χ2n) is 7.75. The predicted octanol–water partition coefficient (Wildman–Crippen LogP) is 2.88. The highest BCUT2D eigenvalue weighted by Gasteiger charge is 2.35. The Morgan fingerprint density at radius 1 is 1.00 bits per heavy atom. The van der Waals surface area contributed by atoms with Crippen LogP contribution in [-0.4, -0.2) is 35.0 Å². The summed E-state index contributed by atoms with van der Waals surface area (Å²) in [6, 6.07) is 13.4. The van der Waals surface area contributed by atoms with Gasteiger partial charge in [0.1, 0.15) is 0 Å². The number of para-hydroxylation sites is 1. The standard InChI is InChI=1S/C24H23N5O2/c1-26-9-4-10-29-13-18(16-11-14(25)7-8-20(16)29)22-21(23(30)28-24(22)31)17-12-27-19-6-3-2-5-15(17)19/h2-3,5-8,11-13,26-27H,4,9-10,25H2,1H3,(H,28,30,31). The predicted molar refractivity (Wildman–Crippen MR) is 123 cm³/mol. The highest BCUT2D eigenvalue weighted by molar-refractivity contribution is 6.50. The van der Waals surface area contributed by atoms with Crippen LogP contribution in [0, 0.1) is 0 Å². The molecule has 1 aliphatic rings. The Hall–Kier alpha value is -3.84. The number of aryl methyl sites for hydroxylation is 1. The molecule has 4 aromatic rings. The molecule has 1 aliphatic heterocycles. The van der Waals surface area contributed by atoms with Crippen LogP contribution in [0.15, 0.2) is 54.9 Å². The zero-order chi connectivity index (χ0) is 21.5. The molecule has 0 radical (unpaired) electrons. The van der Waals surface area contributed by atoms with Gasteiger partial charge in [-0.1, -0.05) is 18.2 Å². The number of carbonyl (C=O) groups excluding carboxylic acids is 2. The molecular formula is C24H23N5O2. The number of carbonyl (C=O) groups is 2. The quantitative estimate of drug-likeness (QED) is 0.222. The molecule has 31 heavy (non-hydrogen) atoms. The third-order valence-electron chi connectivity index (χ3n) is 5.79. The van der Waals surface area contributed by atoms with Gasteiger partial charge in [0.05, 0.1) is 11.1 Å². The number of aromatic nitrogens is 2. The van der Waals surface area contributed by atoms with Gasteiger partial charge in [-0.25, -0.2) is 0 Å². The van der Waals surface area contributed by atoms with Crippen molar-refractivity contribution in [3.8, 4) is 0 Å². The molecule has 0 bridgehead atoms. The average Bonchev–Trinajstić information content (AvgIpc) is 3.41. The Kier molecular flexibility index (Phi) is 4.60. The van der Waals surface area contributed by atoms with Gasteiger partial charge in [-0.05, 0) is 44.3 Å². The highest BCUT2D eigenvalue weighted by atomic mass is 16.2. The minimum Gasteiger partial charge on any atom is -0.399 e. The number of nitrogens with zero attached hydrogens (tertiary/aromatic N) is 1. The van der Waals surface area contributed by atoms with Crippen LogP contribution in [0.5, 0.6) is 0 Å². The number of benzene rings is 2. The summed E-state index contributed by atoms with van der Waals surface area (Å²) in [5.74, 6) is -0.772. The van der Waals surface area contributed by atoms with Crippen LogP contribution in [-0.2, 0) is 16.1 Å². The molecule has 0 aliphatic carbocycles. The Bertz CT molecular complexity index is 1380. The maximum atomic E-state index is 13.0. The molecule has 0 saturated carbocycles. The normalized spacial score (nSPS) is 14.2. The lowest BCUT2D eigenvalue weighted by molar-refractivity contribution is -0.122. The molecule has 0 unspecified atom stereocenters. The third kappa shape index (κ3) is 3.10. The number of rotatable bonds is 6. The van der Waals surface area contributed by atoms with Gasteiger partial charge in [-0.3, -0.25) is 14.9 Å². The Labute approximate surface area is 178 Å². The Morgan fingerprint density at radius 3 is 2.58 bits per heavy atom. The number of nitrogens with two attached hydrogens (primary N) is 1. The number of nitrogen functional groups attached to an aromatic ring is 1. The van der Waals surface area contributed by atoms with Crippen molar-refractivity contribution >= 4 is 50.5 Å². The fourth-order valence-electron chi connectivity index (χ4n) is 4.37. The number of nitrogens with one attached hydrogen (secondary N) is 3. The van der Waals surface area contributed by atoms with Crippen LogP contribution >= 0.6 is 0 Å². The lowest BCUT2D eigenvalue weighted by atomic mass is 9.95. The first-order valence-electron chi connectivity index (χ1n) is 10.3. The fourth-order valence-corrected chi connectivity index (χ4v) is 4.37.